The summed E-state index contributed by atoms with van der Waals surface area (Å²) in [7, 11) is -3.69. The van der Waals surface area contributed by atoms with Crippen molar-refractivity contribution in [3.63, 3.8) is 0 Å². The van der Waals surface area contributed by atoms with Crippen LogP contribution >= 0.6 is 0 Å². The molecule has 0 bridgehead atoms. The Balaban J connectivity index is 1.70. The Morgan fingerprint density at radius 2 is 1.84 bits per heavy atom. The zero-order valence-corrected chi connectivity index (χ0v) is 19.2. The maximum Gasteiger partial charge on any atom is 0.253 e. The molecule has 0 spiro atoms. The van der Waals surface area contributed by atoms with Crippen molar-refractivity contribution in [3.8, 4) is 0 Å². The summed E-state index contributed by atoms with van der Waals surface area (Å²) in [4.78, 5) is 25.4. The lowest BCUT2D eigenvalue weighted by Gasteiger charge is -2.22. The maximum absolute atomic E-state index is 12.7. The van der Waals surface area contributed by atoms with Crippen LogP contribution in [0.3, 0.4) is 0 Å². The molecule has 2 aromatic carbocycles. The smallest absolute Gasteiger partial charge is 0.253 e. The van der Waals surface area contributed by atoms with Crippen molar-refractivity contribution >= 4 is 33.2 Å². The van der Waals surface area contributed by atoms with E-state index in [9.17, 15) is 18.0 Å². The quantitative estimate of drug-likeness (QED) is 0.600. The number of hydrogen-bond acceptors (Lipinski definition) is 5. The Hall–Kier alpha value is -2.91. The van der Waals surface area contributed by atoms with Crippen LogP contribution < -0.4 is 14.9 Å². The summed E-state index contributed by atoms with van der Waals surface area (Å²) in [5.74, 6) is -0.874. The van der Waals surface area contributed by atoms with Crippen LogP contribution in [-0.2, 0) is 26.0 Å². The van der Waals surface area contributed by atoms with Crippen molar-refractivity contribution in [2.75, 3.05) is 35.6 Å². The molecule has 2 N–H and O–H groups in total. The standard InChI is InChI=1S/C23H29N3O5S/c1-3-17-10-12-18(13-11-17)26(32(2,29)30)16-22(27)25-21-9-5-4-8-20(21)23(28)24-15-19-7-6-14-31-19/h4-5,8-13,19H,3,6-7,14-16H2,1-2H3,(H,24,28)(H,25,27)/t19-/m0/s1. The number of ether oxygens (including phenoxy) is 1. The Labute approximate surface area is 189 Å². The van der Waals surface area contributed by atoms with Crippen LogP contribution in [-0.4, -0.2) is 52.3 Å². The van der Waals surface area contributed by atoms with Gasteiger partial charge in [0, 0.05) is 13.2 Å². The topological polar surface area (TPSA) is 105 Å². The molecule has 0 unspecified atom stereocenters. The number of carbonyl (C=O) groups is 2. The number of nitrogens with one attached hydrogen (secondary N) is 2. The van der Waals surface area contributed by atoms with Gasteiger partial charge < -0.3 is 15.4 Å². The molecule has 1 aliphatic rings. The molecule has 0 aromatic heterocycles. The van der Waals surface area contributed by atoms with Crippen LogP contribution in [0.5, 0.6) is 0 Å². The summed E-state index contributed by atoms with van der Waals surface area (Å²) < 4.78 is 31.2. The number of rotatable bonds is 9. The molecule has 1 atom stereocenters. The fourth-order valence-corrected chi connectivity index (χ4v) is 4.37. The lowest BCUT2D eigenvalue weighted by molar-refractivity contribution is -0.114. The lowest BCUT2D eigenvalue weighted by atomic mass is 10.1. The van der Waals surface area contributed by atoms with Gasteiger partial charge in [-0.2, -0.15) is 0 Å². The second-order valence-corrected chi connectivity index (χ2v) is 9.64. The number of benzene rings is 2. The highest BCUT2D eigenvalue weighted by Gasteiger charge is 2.22. The molecule has 9 heteroatoms. The number of nitrogens with zero attached hydrogens (tertiary/aromatic N) is 1. The zero-order chi connectivity index (χ0) is 23.1. The molecule has 8 nitrogen and oxygen atoms in total. The predicted octanol–water partition coefficient (Wildman–Crippen LogP) is 2.56. The molecule has 1 aliphatic heterocycles. The molecule has 1 fully saturated rings. The van der Waals surface area contributed by atoms with Crippen molar-refractivity contribution in [2.45, 2.75) is 32.3 Å². The first kappa shape index (κ1) is 23.7. The van der Waals surface area contributed by atoms with Gasteiger partial charge in [0.05, 0.1) is 29.3 Å². The average Bonchev–Trinajstić information content (AvgIpc) is 3.29. The molecular formula is C23H29N3O5S. The van der Waals surface area contributed by atoms with Crippen molar-refractivity contribution in [1.82, 2.24) is 5.32 Å². The van der Waals surface area contributed by atoms with Gasteiger partial charge in [-0.3, -0.25) is 13.9 Å². The van der Waals surface area contributed by atoms with E-state index in [-0.39, 0.29) is 12.0 Å². The van der Waals surface area contributed by atoms with Crippen molar-refractivity contribution in [2.24, 2.45) is 0 Å². The first-order valence-electron chi connectivity index (χ1n) is 10.6. The molecular weight excluding hydrogens is 430 g/mol. The summed E-state index contributed by atoms with van der Waals surface area (Å²) >= 11 is 0. The Morgan fingerprint density at radius 1 is 1.12 bits per heavy atom. The maximum atomic E-state index is 12.7. The summed E-state index contributed by atoms with van der Waals surface area (Å²) in [5, 5.41) is 5.51. The normalized spacial score (nSPS) is 15.9. The van der Waals surface area contributed by atoms with E-state index in [1.54, 1.807) is 36.4 Å². The Morgan fingerprint density at radius 3 is 2.47 bits per heavy atom. The Bertz CT molecular complexity index is 1050. The third-order valence-electron chi connectivity index (χ3n) is 5.28. The third-order valence-corrected chi connectivity index (χ3v) is 6.42. The number of sulfonamides is 1. The number of aryl methyl sites for hydroxylation is 1. The third kappa shape index (κ3) is 6.30. The lowest BCUT2D eigenvalue weighted by Crippen LogP contribution is -2.38. The minimum absolute atomic E-state index is 0.00289. The number of hydrogen-bond donors (Lipinski definition) is 2. The van der Waals surface area contributed by atoms with E-state index in [4.69, 9.17) is 4.74 Å². The Kier molecular flexibility index (Phi) is 7.87. The highest BCUT2D eigenvalue weighted by molar-refractivity contribution is 7.92. The summed E-state index contributed by atoms with van der Waals surface area (Å²) in [6, 6.07) is 13.6. The van der Waals surface area contributed by atoms with Gasteiger partial charge in [0.2, 0.25) is 15.9 Å². The van der Waals surface area contributed by atoms with Gasteiger partial charge >= 0.3 is 0 Å². The van der Waals surface area contributed by atoms with Crippen LogP contribution in [0.25, 0.3) is 0 Å². The first-order chi connectivity index (χ1) is 15.3. The van der Waals surface area contributed by atoms with Gasteiger partial charge in [-0.15, -0.1) is 0 Å². The molecule has 0 radical (unpaired) electrons. The second-order valence-electron chi connectivity index (χ2n) is 7.73. The van der Waals surface area contributed by atoms with E-state index in [1.807, 2.05) is 19.1 Å². The SMILES string of the molecule is CCc1ccc(N(CC(=O)Nc2ccccc2C(=O)NC[C@@H]2CCCO2)S(C)(=O)=O)cc1. The fraction of sp³-hybridized carbons (Fsp3) is 0.391. The van der Waals surface area contributed by atoms with Gasteiger partial charge in [0.1, 0.15) is 6.54 Å². The van der Waals surface area contributed by atoms with Gasteiger partial charge in [0.15, 0.2) is 0 Å². The van der Waals surface area contributed by atoms with Crippen molar-refractivity contribution in [3.05, 3.63) is 59.7 Å². The monoisotopic (exact) mass is 459 g/mol. The molecule has 2 amide bonds. The fourth-order valence-electron chi connectivity index (χ4n) is 3.52. The minimum Gasteiger partial charge on any atom is -0.376 e. The van der Waals surface area contributed by atoms with Crippen LogP contribution in [0.4, 0.5) is 11.4 Å². The van der Waals surface area contributed by atoms with Crippen LogP contribution in [0.15, 0.2) is 48.5 Å². The van der Waals surface area contributed by atoms with Gasteiger partial charge in [-0.1, -0.05) is 31.2 Å². The number of anilines is 2. The summed E-state index contributed by atoms with van der Waals surface area (Å²) in [6.07, 6.45) is 3.76. The van der Waals surface area contributed by atoms with E-state index in [1.165, 1.54) is 0 Å². The average molecular weight is 460 g/mol. The van der Waals surface area contributed by atoms with E-state index in [0.717, 1.165) is 35.4 Å². The molecule has 172 valence electrons. The highest BCUT2D eigenvalue weighted by Crippen LogP contribution is 2.20. The number of para-hydroxylation sites is 1. The van der Waals surface area contributed by atoms with E-state index in [2.05, 4.69) is 10.6 Å². The molecule has 2 aromatic rings. The summed E-state index contributed by atoms with van der Waals surface area (Å²) in [5.41, 5.74) is 2.09. The first-order valence-corrected chi connectivity index (χ1v) is 12.5. The largest absolute Gasteiger partial charge is 0.376 e. The number of carbonyl (C=O) groups excluding carboxylic acids is 2. The van der Waals surface area contributed by atoms with Crippen molar-refractivity contribution in [1.29, 1.82) is 0 Å². The molecule has 0 saturated carbocycles. The van der Waals surface area contributed by atoms with Gasteiger partial charge in [-0.05, 0) is 49.1 Å². The van der Waals surface area contributed by atoms with E-state index < -0.39 is 22.5 Å². The van der Waals surface area contributed by atoms with Gasteiger partial charge in [0.25, 0.3) is 5.91 Å². The van der Waals surface area contributed by atoms with Gasteiger partial charge in [-0.25, -0.2) is 8.42 Å². The number of amides is 2. The second kappa shape index (κ2) is 10.6. The minimum atomic E-state index is -3.69. The molecule has 0 aliphatic carbocycles. The molecule has 1 saturated heterocycles. The zero-order valence-electron chi connectivity index (χ0n) is 18.3. The van der Waals surface area contributed by atoms with E-state index in [0.29, 0.717) is 30.1 Å². The van der Waals surface area contributed by atoms with Crippen LogP contribution in [0, 0.1) is 0 Å². The van der Waals surface area contributed by atoms with Crippen molar-refractivity contribution < 1.29 is 22.7 Å². The highest BCUT2D eigenvalue weighted by atomic mass is 32.2. The summed E-state index contributed by atoms with van der Waals surface area (Å²) in [6.45, 7) is 2.70. The molecule has 32 heavy (non-hydrogen) atoms. The molecule has 1 heterocycles. The van der Waals surface area contributed by atoms with Crippen LogP contribution in [0.1, 0.15) is 35.7 Å². The molecule has 3 rings (SSSR count). The van der Waals surface area contributed by atoms with Crippen LogP contribution in [0.2, 0.25) is 0 Å². The predicted molar refractivity (Wildman–Crippen MR) is 124 cm³/mol. The van der Waals surface area contributed by atoms with E-state index >= 15 is 0 Å².